The van der Waals surface area contributed by atoms with E-state index in [9.17, 15) is 14.0 Å². The summed E-state index contributed by atoms with van der Waals surface area (Å²) in [5, 5.41) is 8.04. The minimum absolute atomic E-state index is 0.0739. The van der Waals surface area contributed by atoms with E-state index in [1.165, 1.54) is 25.3 Å². The van der Waals surface area contributed by atoms with Crippen LogP contribution in [0, 0.1) is 5.82 Å². The molecule has 130 valence electrons. The van der Waals surface area contributed by atoms with Crippen molar-refractivity contribution in [2.75, 3.05) is 24.3 Å². The Morgan fingerprint density at radius 1 is 1.28 bits per heavy atom. The first-order valence-corrected chi connectivity index (χ1v) is 7.86. The highest BCUT2D eigenvalue weighted by Gasteiger charge is 2.29. The molecule has 2 aromatic rings. The fraction of sp³-hybridized carbons (Fsp3) is 0.222. The van der Waals surface area contributed by atoms with Crippen LogP contribution in [0.1, 0.15) is 17.9 Å². The number of anilines is 2. The summed E-state index contributed by atoms with van der Waals surface area (Å²) in [4.78, 5) is 24.0. The van der Waals surface area contributed by atoms with Crippen molar-refractivity contribution in [1.82, 2.24) is 5.32 Å². The van der Waals surface area contributed by atoms with E-state index >= 15 is 0 Å². The van der Waals surface area contributed by atoms with Gasteiger partial charge in [0.05, 0.1) is 18.7 Å². The van der Waals surface area contributed by atoms with Gasteiger partial charge in [0, 0.05) is 18.3 Å². The number of fused-ring (bicyclic) bond motifs is 1. The van der Waals surface area contributed by atoms with Crippen LogP contribution in [0.15, 0.2) is 42.5 Å². The van der Waals surface area contributed by atoms with Crippen LogP contribution in [-0.4, -0.2) is 25.6 Å². The second kappa shape index (κ2) is 7.21. The second-order valence-corrected chi connectivity index (χ2v) is 5.64. The molecule has 3 N–H and O–H groups in total. The van der Waals surface area contributed by atoms with Gasteiger partial charge in [-0.05, 0) is 30.2 Å². The summed E-state index contributed by atoms with van der Waals surface area (Å²) in [7, 11) is 1.44. The van der Waals surface area contributed by atoms with Crippen LogP contribution in [-0.2, 0) is 4.79 Å². The Labute approximate surface area is 144 Å². The van der Waals surface area contributed by atoms with E-state index < -0.39 is 11.8 Å². The van der Waals surface area contributed by atoms with Crippen LogP contribution in [0.2, 0.25) is 0 Å². The van der Waals surface area contributed by atoms with E-state index in [1.807, 2.05) is 24.3 Å². The summed E-state index contributed by atoms with van der Waals surface area (Å²) < 4.78 is 18.4. The Balaban J connectivity index is 1.55. The molecule has 0 fully saturated rings. The monoisotopic (exact) mass is 343 g/mol. The number of carbonyl (C=O) groups excluding carboxylic acids is 2. The van der Waals surface area contributed by atoms with Gasteiger partial charge in [0.1, 0.15) is 11.6 Å². The van der Waals surface area contributed by atoms with Crippen molar-refractivity contribution in [2.24, 2.45) is 0 Å². The number of para-hydroxylation sites is 1. The fourth-order valence-corrected chi connectivity index (χ4v) is 2.84. The van der Waals surface area contributed by atoms with Gasteiger partial charge >= 0.3 is 6.03 Å². The van der Waals surface area contributed by atoms with Crippen LogP contribution < -0.4 is 20.7 Å². The molecule has 3 amide bonds. The molecular formula is C18H18FN3O3. The largest absolute Gasteiger partial charge is 0.495 e. The number of ether oxygens (including phenoxy) is 1. The molecule has 0 unspecified atom stereocenters. The zero-order valence-corrected chi connectivity index (χ0v) is 13.6. The Morgan fingerprint density at radius 3 is 2.88 bits per heavy atom. The van der Waals surface area contributed by atoms with Crippen molar-refractivity contribution in [2.45, 2.75) is 12.3 Å². The maximum absolute atomic E-state index is 13.3. The van der Waals surface area contributed by atoms with Gasteiger partial charge in [0.2, 0.25) is 5.91 Å². The van der Waals surface area contributed by atoms with E-state index in [1.54, 1.807) is 0 Å². The molecule has 2 aromatic carbocycles. The van der Waals surface area contributed by atoms with Gasteiger partial charge < -0.3 is 20.7 Å². The van der Waals surface area contributed by atoms with Crippen molar-refractivity contribution in [3.8, 4) is 5.75 Å². The number of benzene rings is 2. The lowest BCUT2D eigenvalue weighted by molar-refractivity contribution is -0.117. The summed E-state index contributed by atoms with van der Waals surface area (Å²) in [5.74, 6) is -0.480. The summed E-state index contributed by atoms with van der Waals surface area (Å²) in [5.41, 5.74) is 1.98. The molecule has 0 bridgehead atoms. The molecule has 0 saturated carbocycles. The predicted molar refractivity (Wildman–Crippen MR) is 92.4 cm³/mol. The van der Waals surface area contributed by atoms with E-state index in [4.69, 9.17) is 4.74 Å². The standard InChI is InChI=1S/C18H18FN3O3/c1-25-16-7-6-11(19)10-15(16)22-18(24)20-9-8-13-12-4-2-3-5-14(12)21-17(13)23/h2-7,10,13H,8-9H2,1H3,(H,21,23)(H2,20,22,24)/t13-/m1/s1. The third-order valence-electron chi connectivity index (χ3n) is 4.04. The van der Waals surface area contributed by atoms with E-state index in [0.29, 0.717) is 18.7 Å². The van der Waals surface area contributed by atoms with E-state index in [-0.39, 0.29) is 17.5 Å². The lowest BCUT2D eigenvalue weighted by atomic mass is 9.97. The van der Waals surface area contributed by atoms with Gasteiger partial charge in [-0.15, -0.1) is 0 Å². The molecule has 25 heavy (non-hydrogen) atoms. The Hall–Kier alpha value is -3.09. The highest BCUT2D eigenvalue weighted by atomic mass is 19.1. The van der Waals surface area contributed by atoms with E-state index in [0.717, 1.165) is 11.3 Å². The maximum atomic E-state index is 13.3. The molecular weight excluding hydrogens is 325 g/mol. The minimum Gasteiger partial charge on any atom is -0.495 e. The molecule has 1 aliphatic heterocycles. The third-order valence-corrected chi connectivity index (χ3v) is 4.04. The molecule has 0 radical (unpaired) electrons. The van der Waals surface area contributed by atoms with Gasteiger partial charge in [0.25, 0.3) is 0 Å². The first-order chi connectivity index (χ1) is 12.1. The van der Waals surface area contributed by atoms with Gasteiger partial charge in [-0.25, -0.2) is 9.18 Å². The van der Waals surface area contributed by atoms with Crippen LogP contribution in [0.4, 0.5) is 20.6 Å². The van der Waals surface area contributed by atoms with Gasteiger partial charge in [-0.2, -0.15) is 0 Å². The molecule has 0 saturated heterocycles. The number of methoxy groups -OCH3 is 1. The van der Waals surface area contributed by atoms with Gasteiger partial charge in [-0.1, -0.05) is 18.2 Å². The number of amides is 3. The number of nitrogens with one attached hydrogen (secondary N) is 3. The normalized spacial score (nSPS) is 15.3. The Morgan fingerprint density at radius 2 is 2.08 bits per heavy atom. The third kappa shape index (κ3) is 3.71. The topological polar surface area (TPSA) is 79.5 Å². The molecule has 6 nitrogen and oxygen atoms in total. The number of hydrogen-bond donors (Lipinski definition) is 3. The first-order valence-electron chi connectivity index (χ1n) is 7.86. The van der Waals surface area contributed by atoms with Gasteiger partial charge in [-0.3, -0.25) is 4.79 Å². The summed E-state index contributed by atoms with van der Waals surface area (Å²) in [6.07, 6.45) is 0.469. The Bertz CT molecular complexity index is 810. The molecule has 1 atom stereocenters. The molecule has 0 spiro atoms. The highest BCUT2D eigenvalue weighted by molar-refractivity contribution is 6.02. The molecule has 3 rings (SSSR count). The second-order valence-electron chi connectivity index (χ2n) is 5.64. The SMILES string of the molecule is COc1ccc(F)cc1NC(=O)NCC[C@H]1C(=O)Nc2ccccc21. The number of rotatable bonds is 5. The molecule has 1 aliphatic rings. The number of urea groups is 1. The molecule has 7 heteroatoms. The van der Waals surface area contributed by atoms with Gasteiger partial charge in [0.15, 0.2) is 0 Å². The van der Waals surface area contributed by atoms with E-state index in [2.05, 4.69) is 16.0 Å². The summed E-state index contributed by atoms with van der Waals surface area (Å²) in [6.45, 7) is 0.301. The highest BCUT2D eigenvalue weighted by Crippen LogP contribution is 2.33. The molecule has 0 aliphatic carbocycles. The van der Waals surface area contributed by atoms with Crippen LogP contribution >= 0.6 is 0 Å². The molecule has 0 aromatic heterocycles. The zero-order chi connectivity index (χ0) is 17.8. The number of carbonyl (C=O) groups is 2. The average Bonchev–Trinajstić information content (AvgIpc) is 2.91. The maximum Gasteiger partial charge on any atom is 0.319 e. The minimum atomic E-state index is -0.490. The zero-order valence-electron chi connectivity index (χ0n) is 13.6. The smallest absolute Gasteiger partial charge is 0.319 e. The Kier molecular flexibility index (Phi) is 4.83. The van der Waals surface area contributed by atoms with Crippen molar-refractivity contribution < 1.29 is 18.7 Å². The average molecular weight is 343 g/mol. The number of halogens is 1. The van der Waals surface area contributed by atoms with Crippen molar-refractivity contribution in [1.29, 1.82) is 0 Å². The summed E-state index contributed by atoms with van der Waals surface area (Å²) >= 11 is 0. The number of hydrogen-bond acceptors (Lipinski definition) is 3. The van der Waals surface area contributed by atoms with Crippen LogP contribution in [0.3, 0.4) is 0 Å². The van der Waals surface area contributed by atoms with Crippen LogP contribution in [0.5, 0.6) is 5.75 Å². The fourth-order valence-electron chi connectivity index (χ4n) is 2.84. The van der Waals surface area contributed by atoms with Crippen molar-refractivity contribution in [3.63, 3.8) is 0 Å². The lowest BCUT2D eigenvalue weighted by Crippen LogP contribution is -2.31. The first kappa shape index (κ1) is 16.8. The quantitative estimate of drug-likeness (QED) is 0.780. The van der Waals surface area contributed by atoms with Crippen molar-refractivity contribution in [3.05, 3.63) is 53.8 Å². The molecule has 1 heterocycles. The predicted octanol–water partition coefficient (Wildman–Crippen LogP) is 3.08. The summed E-state index contributed by atoms with van der Waals surface area (Å²) in [6, 6.07) is 10.9. The van der Waals surface area contributed by atoms with Crippen LogP contribution in [0.25, 0.3) is 0 Å². The van der Waals surface area contributed by atoms with Crippen molar-refractivity contribution >= 4 is 23.3 Å². The lowest BCUT2D eigenvalue weighted by Gasteiger charge is -2.12.